The lowest BCUT2D eigenvalue weighted by atomic mass is 10.1. The first-order valence-electron chi connectivity index (χ1n) is 5.84. The Morgan fingerprint density at radius 1 is 1.11 bits per heavy atom. The van der Waals surface area contributed by atoms with Crippen LogP contribution in [0.3, 0.4) is 0 Å². The van der Waals surface area contributed by atoms with E-state index in [1.54, 1.807) is 0 Å². The molecule has 0 atom stereocenters. The predicted molar refractivity (Wildman–Crippen MR) is 76.0 cm³/mol. The smallest absolute Gasteiger partial charge is 0.162 e. The minimum atomic E-state index is 0.454. The quantitative estimate of drug-likeness (QED) is 0.765. The molecule has 0 saturated carbocycles. The van der Waals surface area contributed by atoms with Crippen molar-refractivity contribution in [1.29, 1.82) is 0 Å². The van der Waals surface area contributed by atoms with Gasteiger partial charge in [0.1, 0.15) is 5.15 Å². The highest BCUT2D eigenvalue weighted by Gasteiger charge is 2.09. The van der Waals surface area contributed by atoms with Crippen molar-refractivity contribution in [2.24, 2.45) is 5.92 Å². The third-order valence-electron chi connectivity index (χ3n) is 2.48. The summed E-state index contributed by atoms with van der Waals surface area (Å²) in [5.41, 5.74) is 1.76. The Morgan fingerprint density at radius 3 is 2.50 bits per heavy atom. The molecular weight excluding hydrogens is 267 g/mol. The van der Waals surface area contributed by atoms with Crippen LogP contribution in [0.25, 0.3) is 11.4 Å². The maximum atomic E-state index is 6.15. The molecule has 1 heterocycles. The van der Waals surface area contributed by atoms with Gasteiger partial charge in [-0.25, -0.2) is 9.97 Å². The zero-order chi connectivity index (χ0) is 13.1. The molecule has 0 spiro atoms. The normalized spacial score (nSPS) is 10.9. The van der Waals surface area contributed by atoms with Gasteiger partial charge in [0.2, 0.25) is 0 Å². The second-order valence-electron chi connectivity index (χ2n) is 4.58. The van der Waals surface area contributed by atoms with Gasteiger partial charge in [-0.3, -0.25) is 0 Å². The van der Waals surface area contributed by atoms with Gasteiger partial charge in [0.15, 0.2) is 5.82 Å². The zero-order valence-electron chi connectivity index (χ0n) is 10.3. The van der Waals surface area contributed by atoms with Crippen molar-refractivity contribution in [3.63, 3.8) is 0 Å². The standard InChI is InChI=1S/C14H14Cl2N2/c1-9(2)7-10-8-13(16)18-14(17-10)11-5-3-4-6-12(11)15/h3-6,8-9H,7H2,1-2H3. The Bertz CT molecular complexity index is 553. The van der Waals surface area contributed by atoms with E-state index in [4.69, 9.17) is 23.2 Å². The van der Waals surface area contributed by atoms with E-state index in [0.29, 0.717) is 21.9 Å². The van der Waals surface area contributed by atoms with Crippen LogP contribution >= 0.6 is 23.2 Å². The lowest BCUT2D eigenvalue weighted by Gasteiger charge is -2.08. The van der Waals surface area contributed by atoms with Gasteiger partial charge in [0.05, 0.1) is 5.02 Å². The van der Waals surface area contributed by atoms with Crippen LogP contribution in [-0.2, 0) is 6.42 Å². The van der Waals surface area contributed by atoms with Crippen LogP contribution in [0, 0.1) is 5.92 Å². The molecule has 0 aliphatic rings. The molecule has 94 valence electrons. The highest BCUT2D eigenvalue weighted by atomic mass is 35.5. The molecule has 2 nitrogen and oxygen atoms in total. The summed E-state index contributed by atoms with van der Waals surface area (Å²) in [5.74, 6) is 1.11. The van der Waals surface area contributed by atoms with Gasteiger partial charge in [-0.2, -0.15) is 0 Å². The number of nitrogens with zero attached hydrogens (tertiary/aromatic N) is 2. The van der Waals surface area contributed by atoms with E-state index in [0.717, 1.165) is 17.7 Å². The third-order valence-corrected chi connectivity index (χ3v) is 3.00. The number of hydrogen-bond acceptors (Lipinski definition) is 2. The van der Waals surface area contributed by atoms with Crippen molar-refractivity contribution < 1.29 is 0 Å². The molecule has 1 aromatic carbocycles. The molecule has 18 heavy (non-hydrogen) atoms. The van der Waals surface area contributed by atoms with Gasteiger partial charge in [0.25, 0.3) is 0 Å². The first-order valence-corrected chi connectivity index (χ1v) is 6.60. The van der Waals surface area contributed by atoms with Crippen molar-refractivity contribution in [2.45, 2.75) is 20.3 Å². The van der Waals surface area contributed by atoms with Crippen molar-refractivity contribution in [2.75, 3.05) is 0 Å². The van der Waals surface area contributed by atoms with Crippen LogP contribution in [-0.4, -0.2) is 9.97 Å². The largest absolute Gasteiger partial charge is 0.233 e. The lowest BCUT2D eigenvalue weighted by molar-refractivity contribution is 0.634. The Balaban J connectivity index is 2.45. The fraction of sp³-hybridized carbons (Fsp3) is 0.286. The molecule has 0 fully saturated rings. The Labute approximate surface area is 117 Å². The van der Waals surface area contributed by atoms with E-state index in [1.165, 1.54) is 0 Å². The predicted octanol–water partition coefficient (Wildman–Crippen LogP) is 4.65. The van der Waals surface area contributed by atoms with Gasteiger partial charge in [-0.15, -0.1) is 0 Å². The molecular formula is C14H14Cl2N2. The second-order valence-corrected chi connectivity index (χ2v) is 5.38. The number of rotatable bonds is 3. The minimum Gasteiger partial charge on any atom is -0.233 e. The fourth-order valence-electron chi connectivity index (χ4n) is 1.75. The SMILES string of the molecule is CC(C)Cc1cc(Cl)nc(-c2ccccc2Cl)n1. The van der Waals surface area contributed by atoms with E-state index in [-0.39, 0.29) is 0 Å². The average Bonchev–Trinajstić information content (AvgIpc) is 2.27. The van der Waals surface area contributed by atoms with Crippen LogP contribution in [0.5, 0.6) is 0 Å². The highest BCUT2D eigenvalue weighted by molar-refractivity contribution is 6.33. The molecule has 0 saturated heterocycles. The zero-order valence-corrected chi connectivity index (χ0v) is 11.8. The van der Waals surface area contributed by atoms with E-state index >= 15 is 0 Å². The van der Waals surface area contributed by atoms with E-state index < -0.39 is 0 Å². The van der Waals surface area contributed by atoms with Crippen molar-refractivity contribution in [3.05, 3.63) is 46.2 Å². The summed E-state index contributed by atoms with van der Waals surface area (Å²) in [7, 11) is 0. The molecule has 1 aromatic heterocycles. The highest BCUT2D eigenvalue weighted by Crippen LogP contribution is 2.26. The number of aromatic nitrogens is 2. The summed E-state index contributed by atoms with van der Waals surface area (Å²) in [6.07, 6.45) is 0.875. The van der Waals surface area contributed by atoms with Crippen LogP contribution in [0.15, 0.2) is 30.3 Å². The number of hydrogen-bond donors (Lipinski definition) is 0. The maximum absolute atomic E-state index is 6.15. The summed E-state index contributed by atoms with van der Waals surface area (Å²) in [4.78, 5) is 8.77. The topological polar surface area (TPSA) is 25.8 Å². The fourth-order valence-corrected chi connectivity index (χ4v) is 2.18. The summed E-state index contributed by atoms with van der Waals surface area (Å²) in [5, 5.41) is 1.09. The summed E-state index contributed by atoms with van der Waals surface area (Å²) < 4.78 is 0. The molecule has 2 rings (SSSR count). The molecule has 0 amide bonds. The van der Waals surface area contributed by atoms with E-state index in [9.17, 15) is 0 Å². The van der Waals surface area contributed by atoms with Gasteiger partial charge in [0, 0.05) is 11.3 Å². The van der Waals surface area contributed by atoms with Crippen LogP contribution < -0.4 is 0 Å². The Kier molecular flexibility index (Phi) is 4.20. The van der Waals surface area contributed by atoms with E-state index in [2.05, 4.69) is 23.8 Å². The summed E-state index contributed by atoms with van der Waals surface area (Å²) in [6, 6.07) is 9.32. The van der Waals surface area contributed by atoms with Crippen molar-refractivity contribution in [3.8, 4) is 11.4 Å². The van der Waals surface area contributed by atoms with Gasteiger partial charge in [-0.05, 0) is 30.5 Å². The molecule has 4 heteroatoms. The van der Waals surface area contributed by atoms with Crippen LogP contribution in [0.4, 0.5) is 0 Å². The number of halogens is 2. The summed E-state index contributed by atoms with van der Waals surface area (Å²) in [6.45, 7) is 4.29. The molecule has 0 unspecified atom stereocenters. The first kappa shape index (κ1) is 13.3. The van der Waals surface area contributed by atoms with Crippen molar-refractivity contribution >= 4 is 23.2 Å². The van der Waals surface area contributed by atoms with Crippen LogP contribution in [0.1, 0.15) is 19.5 Å². The Hall–Kier alpha value is -1.12. The maximum Gasteiger partial charge on any atom is 0.162 e. The summed E-state index contributed by atoms with van der Waals surface area (Å²) >= 11 is 12.2. The molecule has 0 aliphatic carbocycles. The third kappa shape index (κ3) is 3.21. The first-order chi connectivity index (χ1) is 8.56. The molecule has 0 N–H and O–H groups in total. The van der Waals surface area contributed by atoms with Crippen molar-refractivity contribution in [1.82, 2.24) is 9.97 Å². The molecule has 2 aromatic rings. The van der Waals surface area contributed by atoms with Gasteiger partial charge in [-0.1, -0.05) is 49.2 Å². The van der Waals surface area contributed by atoms with Crippen LogP contribution in [0.2, 0.25) is 10.2 Å². The average molecular weight is 281 g/mol. The van der Waals surface area contributed by atoms with Gasteiger partial charge < -0.3 is 0 Å². The lowest BCUT2D eigenvalue weighted by Crippen LogP contribution is -2.00. The molecule has 0 aliphatic heterocycles. The monoisotopic (exact) mass is 280 g/mol. The van der Waals surface area contributed by atoms with E-state index in [1.807, 2.05) is 30.3 Å². The Morgan fingerprint density at radius 2 is 1.83 bits per heavy atom. The second kappa shape index (κ2) is 5.68. The number of benzene rings is 1. The van der Waals surface area contributed by atoms with Gasteiger partial charge >= 0.3 is 0 Å². The molecule has 0 bridgehead atoms. The molecule has 0 radical (unpaired) electrons. The minimum absolute atomic E-state index is 0.454.